The van der Waals surface area contributed by atoms with E-state index in [2.05, 4.69) is 5.38 Å². The van der Waals surface area contributed by atoms with Crippen LogP contribution in [0.5, 0.6) is 0 Å². The van der Waals surface area contributed by atoms with Crippen molar-refractivity contribution in [2.45, 2.75) is 43.7 Å². The Morgan fingerprint density at radius 2 is 1.42 bits per heavy atom. The van der Waals surface area contributed by atoms with Crippen molar-refractivity contribution >= 4 is 50.0 Å². The van der Waals surface area contributed by atoms with E-state index in [0.29, 0.717) is 22.0 Å². The summed E-state index contributed by atoms with van der Waals surface area (Å²) in [7, 11) is -0.886. The standard InChI is InChI=1S/C41H40N4O5S2/c1-27-20-28(2)22-32(21-27)40(47)44(4)38(23-29-14-16-30(17-15-29)31-18-19-51-26-31)41(48)43(3)37(39(42)46)24-33-25-45(36-13-9-8-12-35(33)36)52(49,50)34-10-6-5-7-11-34/h5-22,25-26,37-38H,23-24H2,1-4H3,(H2,42,46)/t37-,38-/m0/s1. The maximum atomic E-state index is 14.6. The third kappa shape index (κ3) is 7.42. The molecule has 0 radical (unpaired) electrons. The first kappa shape index (κ1) is 36.3. The fourth-order valence-electron chi connectivity index (χ4n) is 6.63. The molecule has 4 aromatic carbocycles. The Kier molecular flexibility index (Phi) is 10.5. The minimum atomic E-state index is -3.98. The van der Waals surface area contributed by atoms with Gasteiger partial charge in [0.05, 0.1) is 10.4 Å². The molecule has 2 heterocycles. The molecule has 52 heavy (non-hydrogen) atoms. The summed E-state index contributed by atoms with van der Waals surface area (Å²) in [6.45, 7) is 3.82. The zero-order chi connectivity index (χ0) is 37.2. The molecule has 2 atom stereocenters. The number of nitrogens with two attached hydrogens (primary N) is 1. The van der Waals surface area contributed by atoms with Crippen molar-refractivity contribution in [3.8, 4) is 11.1 Å². The number of fused-ring (bicyclic) bond motifs is 1. The Morgan fingerprint density at radius 1 is 0.769 bits per heavy atom. The molecule has 0 aliphatic heterocycles. The molecule has 9 nitrogen and oxygen atoms in total. The predicted octanol–water partition coefficient (Wildman–Crippen LogP) is 6.46. The average molecular weight is 733 g/mol. The minimum absolute atomic E-state index is 0.0494. The lowest BCUT2D eigenvalue weighted by Crippen LogP contribution is -2.55. The van der Waals surface area contributed by atoms with Crippen LogP contribution in [0.3, 0.4) is 0 Å². The fourth-order valence-corrected chi connectivity index (χ4v) is 8.71. The summed E-state index contributed by atoms with van der Waals surface area (Å²) in [5, 5.41) is 4.68. The van der Waals surface area contributed by atoms with Gasteiger partial charge in [0.1, 0.15) is 12.1 Å². The highest BCUT2D eigenvalue weighted by atomic mass is 32.2. The quantitative estimate of drug-likeness (QED) is 0.155. The number of amides is 3. The van der Waals surface area contributed by atoms with E-state index in [1.54, 1.807) is 73.0 Å². The van der Waals surface area contributed by atoms with Crippen LogP contribution in [0.25, 0.3) is 22.0 Å². The molecular formula is C41H40N4O5S2. The Labute approximate surface area is 308 Å². The van der Waals surface area contributed by atoms with Crippen molar-refractivity contribution in [3.63, 3.8) is 0 Å². The molecule has 0 unspecified atom stereocenters. The Hall–Kier alpha value is -5.52. The maximum absolute atomic E-state index is 14.6. The molecule has 0 saturated carbocycles. The molecule has 0 bridgehead atoms. The van der Waals surface area contributed by atoms with Crippen LogP contribution in [-0.2, 0) is 32.5 Å². The first-order valence-electron chi connectivity index (χ1n) is 16.8. The molecule has 11 heteroatoms. The van der Waals surface area contributed by atoms with E-state index >= 15 is 0 Å². The highest BCUT2D eigenvalue weighted by Crippen LogP contribution is 2.29. The monoisotopic (exact) mass is 732 g/mol. The lowest BCUT2D eigenvalue weighted by molar-refractivity contribution is -0.141. The molecule has 3 amide bonds. The number of nitrogens with zero attached hydrogens (tertiary/aromatic N) is 3. The van der Waals surface area contributed by atoms with Gasteiger partial charge in [-0.1, -0.05) is 77.9 Å². The van der Waals surface area contributed by atoms with Gasteiger partial charge >= 0.3 is 0 Å². The lowest BCUT2D eigenvalue weighted by atomic mass is 9.98. The molecule has 0 spiro atoms. The molecule has 6 rings (SSSR count). The van der Waals surface area contributed by atoms with Crippen LogP contribution in [-0.4, -0.2) is 66.1 Å². The normalized spacial score (nSPS) is 12.7. The zero-order valence-electron chi connectivity index (χ0n) is 29.4. The van der Waals surface area contributed by atoms with E-state index in [1.807, 2.05) is 55.6 Å². The summed E-state index contributed by atoms with van der Waals surface area (Å²) < 4.78 is 28.7. The smallest absolute Gasteiger partial charge is 0.268 e. The van der Waals surface area contributed by atoms with Crippen LogP contribution in [0.4, 0.5) is 0 Å². The van der Waals surface area contributed by atoms with Crippen molar-refractivity contribution in [1.82, 2.24) is 13.8 Å². The van der Waals surface area contributed by atoms with Crippen LogP contribution < -0.4 is 5.73 Å². The number of carbonyl (C=O) groups excluding carboxylic acids is 3. The number of carbonyl (C=O) groups is 3. The number of thiophene rings is 1. The van der Waals surface area contributed by atoms with E-state index in [4.69, 9.17) is 5.73 Å². The number of primary amides is 1. The van der Waals surface area contributed by atoms with E-state index in [0.717, 1.165) is 27.8 Å². The SMILES string of the molecule is Cc1cc(C)cc(C(=O)N(C)[C@@H](Cc2ccc(-c3ccsc3)cc2)C(=O)N(C)[C@@H](Cc2cn(S(=O)(=O)c3ccccc3)c3ccccc23)C(N)=O)c1. The molecule has 266 valence electrons. The molecule has 6 aromatic rings. The molecule has 2 aromatic heterocycles. The van der Waals surface area contributed by atoms with Crippen molar-refractivity contribution < 1.29 is 22.8 Å². The second kappa shape index (κ2) is 15.0. The summed E-state index contributed by atoms with van der Waals surface area (Å²) in [5.74, 6) is -1.58. The largest absolute Gasteiger partial charge is 0.368 e. The van der Waals surface area contributed by atoms with Crippen molar-refractivity contribution in [2.24, 2.45) is 5.73 Å². The minimum Gasteiger partial charge on any atom is -0.368 e. The molecule has 0 aliphatic rings. The predicted molar refractivity (Wildman–Crippen MR) is 206 cm³/mol. The summed E-state index contributed by atoms with van der Waals surface area (Å²) in [6.07, 6.45) is 1.62. The van der Waals surface area contributed by atoms with Crippen LogP contribution in [0.2, 0.25) is 0 Å². The van der Waals surface area contributed by atoms with Gasteiger partial charge in [-0.15, -0.1) is 0 Å². The van der Waals surface area contributed by atoms with Gasteiger partial charge in [-0.3, -0.25) is 14.4 Å². The highest BCUT2D eigenvalue weighted by molar-refractivity contribution is 7.90. The van der Waals surface area contributed by atoms with Gasteiger partial charge < -0.3 is 15.5 Å². The van der Waals surface area contributed by atoms with Crippen LogP contribution in [0, 0.1) is 13.8 Å². The number of hydrogen-bond donors (Lipinski definition) is 1. The van der Waals surface area contributed by atoms with Crippen molar-refractivity contribution in [3.05, 3.63) is 148 Å². The molecule has 0 fully saturated rings. The second-order valence-electron chi connectivity index (χ2n) is 13.1. The highest BCUT2D eigenvalue weighted by Gasteiger charge is 2.35. The first-order valence-corrected chi connectivity index (χ1v) is 19.2. The van der Waals surface area contributed by atoms with E-state index in [9.17, 15) is 22.8 Å². The summed E-state index contributed by atoms with van der Waals surface area (Å²) in [5.41, 5.74) is 12.2. The zero-order valence-corrected chi connectivity index (χ0v) is 31.0. The van der Waals surface area contributed by atoms with Gasteiger partial charge in [0.15, 0.2) is 0 Å². The van der Waals surface area contributed by atoms with Gasteiger partial charge in [0, 0.05) is 44.1 Å². The molecular weight excluding hydrogens is 693 g/mol. The Morgan fingerprint density at radius 3 is 2.06 bits per heavy atom. The van der Waals surface area contributed by atoms with E-state index < -0.39 is 33.9 Å². The number of para-hydroxylation sites is 1. The third-order valence-electron chi connectivity index (χ3n) is 9.40. The van der Waals surface area contributed by atoms with Crippen LogP contribution in [0.1, 0.15) is 32.6 Å². The Balaban J connectivity index is 1.34. The number of likely N-dealkylation sites (N-methyl/N-ethyl adjacent to an activating group) is 2. The van der Waals surface area contributed by atoms with Gasteiger partial charge in [0.2, 0.25) is 11.8 Å². The van der Waals surface area contributed by atoms with Gasteiger partial charge in [-0.2, -0.15) is 11.3 Å². The number of benzene rings is 4. The summed E-state index contributed by atoms with van der Waals surface area (Å²) >= 11 is 1.61. The lowest BCUT2D eigenvalue weighted by Gasteiger charge is -2.34. The third-order valence-corrected chi connectivity index (χ3v) is 11.8. The molecule has 0 aliphatic carbocycles. The van der Waals surface area contributed by atoms with Gasteiger partial charge in [0.25, 0.3) is 15.9 Å². The van der Waals surface area contributed by atoms with Gasteiger partial charge in [-0.05, 0) is 83.3 Å². The number of aryl methyl sites for hydroxylation is 2. The van der Waals surface area contributed by atoms with Crippen molar-refractivity contribution in [1.29, 1.82) is 0 Å². The molecule has 0 saturated heterocycles. The number of hydrogen-bond acceptors (Lipinski definition) is 6. The Bertz CT molecular complexity index is 2330. The molecule has 2 N–H and O–H groups in total. The van der Waals surface area contributed by atoms with E-state index in [-0.39, 0.29) is 23.6 Å². The first-order chi connectivity index (χ1) is 24.8. The maximum Gasteiger partial charge on any atom is 0.268 e. The van der Waals surface area contributed by atoms with Crippen LogP contribution in [0.15, 0.2) is 125 Å². The topological polar surface area (TPSA) is 123 Å². The fraction of sp³-hybridized carbons (Fsp3) is 0.195. The second-order valence-corrected chi connectivity index (χ2v) is 15.7. The van der Waals surface area contributed by atoms with Crippen molar-refractivity contribution in [2.75, 3.05) is 14.1 Å². The van der Waals surface area contributed by atoms with Crippen LogP contribution >= 0.6 is 11.3 Å². The number of rotatable bonds is 12. The average Bonchev–Trinajstić information content (AvgIpc) is 3.81. The summed E-state index contributed by atoms with van der Waals surface area (Å²) in [6, 6.07) is 28.4. The van der Waals surface area contributed by atoms with E-state index in [1.165, 1.54) is 39.1 Å². The van der Waals surface area contributed by atoms with Gasteiger partial charge in [-0.25, -0.2) is 12.4 Å². The summed E-state index contributed by atoms with van der Waals surface area (Å²) in [4.78, 5) is 44.6. The number of aromatic nitrogens is 1.